The molecule has 0 aromatic heterocycles. The van der Waals surface area contributed by atoms with Gasteiger partial charge in [-0.2, -0.15) is 0 Å². The molecular weight excluding hydrogens is 278 g/mol. The van der Waals surface area contributed by atoms with Crippen molar-refractivity contribution in [3.63, 3.8) is 0 Å². The Bertz CT molecular complexity index is 443. The number of urea groups is 1. The lowest BCUT2D eigenvalue weighted by Crippen LogP contribution is -2.50. The molecule has 1 saturated heterocycles. The fourth-order valence-electron chi connectivity index (χ4n) is 2.33. The molecule has 6 heteroatoms. The summed E-state index contributed by atoms with van der Waals surface area (Å²) in [6.07, 6.45) is -0.888. The van der Waals surface area contributed by atoms with Gasteiger partial charge in [0.05, 0.1) is 19.3 Å². The molecule has 4 nitrogen and oxygen atoms in total. The van der Waals surface area contributed by atoms with Gasteiger partial charge in [0.15, 0.2) is 0 Å². The molecule has 0 spiro atoms. The highest BCUT2D eigenvalue weighted by Crippen LogP contribution is 2.12. The predicted octanol–water partition coefficient (Wildman–Crippen LogP) is 2.29. The number of hydrogen-bond donors (Lipinski definition) is 1. The van der Waals surface area contributed by atoms with E-state index >= 15 is 0 Å². The Balaban J connectivity index is 1.76. The number of carbonyl (C=O) groups is 1. The molecule has 21 heavy (non-hydrogen) atoms. The number of benzene rings is 1. The molecule has 1 heterocycles. The van der Waals surface area contributed by atoms with E-state index in [0.29, 0.717) is 19.7 Å². The van der Waals surface area contributed by atoms with Crippen molar-refractivity contribution in [2.24, 2.45) is 0 Å². The van der Waals surface area contributed by atoms with Crippen molar-refractivity contribution in [3.05, 3.63) is 35.9 Å². The maximum Gasteiger partial charge on any atom is 0.317 e. The number of halogens is 2. The molecule has 1 aliphatic rings. The Morgan fingerprint density at radius 2 is 2.14 bits per heavy atom. The van der Waals surface area contributed by atoms with Crippen molar-refractivity contribution in [1.82, 2.24) is 10.2 Å². The topological polar surface area (TPSA) is 41.6 Å². The van der Waals surface area contributed by atoms with Crippen LogP contribution in [0.2, 0.25) is 0 Å². The Hall–Kier alpha value is -1.69. The first-order valence-corrected chi connectivity index (χ1v) is 7.11. The second-order valence-corrected chi connectivity index (χ2v) is 5.04. The van der Waals surface area contributed by atoms with Crippen LogP contribution < -0.4 is 5.32 Å². The van der Waals surface area contributed by atoms with Gasteiger partial charge in [0.1, 0.15) is 0 Å². The summed E-state index contributed by atoms with van der Waals surface area (Å²) < 4.78 is 29.8. The largest absolute Gasteiger partial charge is 0.375 e. The molecule has 1 fully saturated rings. The quantitative estimate of drug-likeness (QED) is 0.906. The minimum absolute atomic E-state index is 0.0451. The van der Waals surface area contributed by atoms with E-state index in [4.69, 9.17) is 4.74 Å². The minimum atomic E-state index is -2.52. The zero-order chi connectivity index (χ0) is 15.1. The van der Waals surface area contributed by atoms with Gasteiger partial charge in [0.2, 0.25) is 0 Å². The lowest BCUT2D eigenvalue weighted by atomic mass is 10.1. The summed E-state index contributed by atoms with van der Waals surface area (Å²) >= 11 is 0. The lowest BCUT2D eigenvalue weighted by Gasteiger charge is -2.33. The molecule has 1 aromatic carbocycles. The summed E-state index contributed by atoms with van der Waals surface area (Å²) in [5.74, 6) is 0. The minimum Gasteiger partial charge on any atom is -0.375 e. The van der Waals surface area contributed by atoms with Crippen molar-refractivity contribution in [2.45, 2.75) is 25.4 Å². The molecule has 1 atom stereocenters. The summed E-state index contributed by atoms with van der Waals surface area (Å²) in [5.41, 5.74) is 1.22. The van der Waals surface area contributed by atoms with Crippen LogP contribution in [0, 0.1) is 0 Å². The van der Waals surface area contributed by atoms with Crippen LogP contribution in [0.4, 0.5) is 13.6 Å². The number of morpholine rings is 1. The third-order valence-corrected chi connectivity index (χ3v) is 3.43. The van der Waals surface area contributed by atoms with Gasteiger partial charge in [-0.3, -0.25) is 0 Å². The molecule has 1 N–H and O–H groups in total. The summed E-state index contributed by atoms with van der Waals surface area (Å²) in [7, 11) is 0. The molecule has 0 bridgehead atoms. The summed E-state index contributed by atoms with van der Waals surface area (Å²) in [4.78, 5) is 13.3. The van der Waals surface area contributed by atoms with Crippen LogP contribution in [-0.4, -0.2) is 49.7 Å². The van der Waals surface area contributed by atoms with Crippen LogP contribution >= 0.6 is 0 Å². The van der Waals surface area contributed by atoms with Crippen molar-refractivity contribution in [1.29, 1.82) is 0 Å². The third-order valence-electron chi connectivity index (χ3n) is 3.43. The van der Waals surface area contributed by atoms with Gasteiger partial charge >= 0.3 is 6.03 Å². The maximum atomic E-state index is 12.1. The van der Waals surface area contributed by atoms with Crippen molar-refractivity contribution < 1.29 is 18.3 Å². The van der Waals surface area contributed by atoms with Crippen LogP contribution in [0.3, 0.4) is 0 Å². The molecule has 0 radical (unpaired) electrons. The van der Waals surface area contributed by atoms with Crippen molar-refractivity contribution in [3.8, 4) is 0 Å². The molecule has 0 saturated carbocycles. The summed E-state index contributed by atoms with van der Waals surface area (Å²) in [6.45, 7) is 0.727. The molecule has 0 unspecified atom stereocenters. The first-order chi connectivity index (χ1) is 10.1. The highest BCUT2D eigenvalue weighted by molar-refractivity contribution is 5.74. The number of amides is 2. The fourth-order valence-corrected chi connectivity index (χ4v) is 2.33. The van der Waals surface area contributed by atoms with Crippen molar-refractivity contribution >= 4 is 6.03 Å². The second-order valence-electron chi connectivity index (χ2n) is 5.04. The number of alkyl halides is 2. The number of nitrogens with one attached hydrogen (secondary N) is 1. The Kier molecular flexibility index (Phi) is 5.92. The molecule has 116 valence electrons. The van der Waals surface area contributed by atoms with Crippen LogP contribution in [-0.2, 0) is 11.2 Å². The number of ether oxygens (including phenoxy) is 1. The highest BCUT2D eigenvalue weighted by Gasteiger charge is 2.24. The van der Waals surface area contributed by atoms with E-state index in [2.05, 4.69) is 17.4 Å². The molecule has 1 aromatic rings. The van der Waals surface area contributed by atoms with E-state index in [1.165, 1.54) is 5.56 Å². The van der Waals surface area contributed by atoms with Gasteiger partial charge in [-0.05, 0) is 18.4 Å². The summed E-state index contributed by atoms with van der Waals surface area (Å²) in [6, 6.07) is 9.60. The first-order valence-electron chi connectivity index (χ1n) is 7.11. The lowest BCUT2D eigenvalue weighted by molar-refractivity contribution is -0.0180. The van der Waals surface area contributed by atoms with Crippen LogP contribution in [0.15, 0.2) is 30.3 Å². The molecule has 2 rings (SSSR count). The van der Waals surface area contributed by atoms with Gasteiger partial charge in [0.25, 0.3) is 6.43 Å². The maximum absolute atomic E-state index is 12.1. The number of aryl methyl sites for hydroxylation is 1. The van der Waals surface area contributed by atoms with E-state index in [0.717, 1.165) is 12.8 Å². The second kappa shape index (κ2) is 7.93. The zero-order valence-corrected chi connectivity index (χ0v) is 11.8. The monoisotopic (exact) mass is 298 g/mol. The van der Waals surface area contributed by atoms with E-state index < -0.39 is 19.0 Å². The Morgan fingerprint density at radius 3 is 2.86 bits per heavy atom. The van der Waals surface area contributed by atoms with Crippen LogP contribution in [0.25, 0.3) is 0 Å². The molecule has 0 aliphatic carbocycles. The molecular formula is C15H20F2N2O2. The smallest absolute Gasteiger partial charge is 0.317 e. The normalized spacial score (nSPS) is 18.8. The van der Waals surface area contributed by atoms with Crippen LogP contribution in [0.5, 0.6) is 0 Å². The molecule has 2 amide bonds. The fraction of sp³-hybridized carbons (Fsp3) is 0.533. The SMILES string of the molecule is O=C(NCC(F)F)N1CCO[C@@H](CCc2ccccc2)C1. The average molecular weight is 298 g/mol. The predicted molar refractivity (Wildman–Crippen MR) is 75.5 cm³/mol. The van der Waals surface area contributed by atoms with Gasteiger partial charge in [-0.1, -0.05) is 30.3 Å². The van der Waals surface area contributed by atoms with Gasteiger partial charge in [-0.15, -0.1) is 0 Å². The first kappa shape index (κ1) is 15.7. The Labute approximate surface area is 123 Å². The third kappa shape index (κ3) is 5.30. The van der Waals surface area contributed by atoms with Crippen LogP contribution in [0.1, 0.15) is 12.0 Å². The number of carbonyl (C=O) groups excluding carboxylic acids is 1. The van der Waals surface area contributed by atoms with E-state index in [9.17, 15) is 13.6 Å². The van der Waals surface area contributed by atoms with Gasteiger partial charge < -0.3 is 15.0 Å². The molecule has 1 aliphatic heterocycles. The van der Waals surface area contributed by atoms with E-state index in [1.54, 1.807) is 4.90 Å². The van der Waals surface area contributed by atoms with E-state index in [1.807, 2.05) is 18.2 Å². The number of hydrogen-bond acceptors (Lipinski definition) is 2. The standard InChI is InChI=1S/C15H20F2N2O2/c16-14(17)10-18-15(20)19-8-9-21-13(11-19)7-6-12-4-2-1-3-5-12/h1-5,13-14H,6-11H2,(H,18,20)/t13-/m0/s1. The van der Waals surface area contributed by atoms with Gasteiger partial charge in [0, 0.05) is 13.1 Å². The highest BCUT2D eigenvalue weighted by atomic mass is 19.3. The van der Waals surface area contributed by atoms with Gasteiger partial charge in [-0.25, -0.2) is 13.6 Å². The number of rotatable bonds is 5. The van der Waals surface area contributed by atoms with Crippen molar-refractivity contribution in [2.75, 3.05) is 26.2 Å². The van der Waals surface area contributed by atoms with E-state index in [-0.39, 0.29) is 6.10 Å². The Morgan fingerprint density at radius 1 is 1.38 bits per heavy atom. The summed E-state index contributed by atoms with van der Waals surface area (Å²) in [5, 5.41) is 2.23. The average Bonchev–Trinajstić information content (AvgIpc) is 2.52. The number of nitrogens with zero attached hydrogens (tertiary/aromatic N) is 1. The zero-order valence-electron chi connectivity index (χ0n) is 11.8.